The topological polar surface area (TPSA) is 19.1 Å². The van der Waals surface area contributed by atoms with E-state index in [-0.39, 0.29) is 6.71 Å². The molecule has 0 fully saturated rings. The number of fused-ring (bicyclic) bond motifs is 10. The zero-order valence-corrected chi connectivity index (χ0v) is 24.8. The van der Waals surface area contributed by atoms with Crippen molar-refractivity contribution in [3.63, 3.8) is 0 Å². The van der Waals surface area contributed by atoms with Crippen LogP contribution in [0.15, 0.2) is 152 Å². The van der Waals surface area contributed by atoms with Gasteiger partial charge in [0.15, 0.2) is 0 Å². The number of hydrogen-bond acceptors (Lipinski definition) is 1. The lowest BCUT2D eigenvalue weighted by Gasteiger charge is -2.33. The van der Waals surface area contributed by atoms with Crippen LogP contribution in [0.3, 0.4) is 0 Å². The smallest absolute Gasteiger partial charge is 0.256 e. The van der Waals surface area contributed by atoms with Crippen LogP contribution in [0.1, 0.15) is 0 Å². The Morgan fingerprint density at radius 1 is 0.435 bits per heavy atom. The van der Waals surface area contributed by atoms with E-state index in [2.05, 4.69) is 161 Å². The van der Waals surface area contributed by atoms with Crippen molar-refractivity contribution in [1.82, 2.24) is 9.13 Å². The van der Waals surface area contributed by atoms with Gasteiger partial charge in [-0.1, -0.05) is 103 Å². The number of rotatable bonds is 2. The van der Waals surface area contributed by atoms with Crippen LogP contribution in [0.5, 0.6) is 11.5 Å². The summed E-state index contributed by atoms with van der Waals surface area (Å²) in [5, 5.41) is 5.09. The maximum Gasteiger partial charge on any atom is 0.256 e. The molecule has 212 valence electrons. The van der Waals surface area contributed by atoms with Crippen LogP contribution in [0.25, 0.3) is 66.1 Å². The molecule has 46 heavy (non-hydrogen) atoms. The van der Waals surface area contributed by atoms with Gasteiger partial charge in [-0.15, -0.1) is 0 Å². The summed E-state index contributed by atoms with van der Waals surface area (Å²) in [5.74, 6) is 1.89. The summed E-state index contributed by atoms with van der Waals surface area (Å²) >= 11 is 0. The van der Waals surface area contributed by atoms with Crippen molar-refractivity contribution in [3.8, 4) is 34.0 Å². The van der Waals surface area contributed by atoms with Crippen molar-refractivity contribution >= 4 is 66.7 Å². The van der Waals surface area contributed by atoms with Crippen LogP contribution < -0.4 is 21.1 Å². The van der Waals surface area contributed by atoms with Gasteiger partial charge in [0, 0.05) is 38.4 Å². The van der Waals surface area contributed by atoms with Crippen molar-refractivity contribution in [2.45, 2.75) is 0 Å². The average molecular weight is 584 g/mol. The fourth-order valence-electron chi connectivity index (χ4n) is 8.26. The van der Waals surface area contributed by atoms with Crippen LogP contribution in [0.2, 0.25) is 0 Å². The van der Waals surface area contributed by atoms with E-state index in [1.165, 1.54) is 76.8 Å². The van der Waals surface area contributed by atoms with Gasteiger partial charge in [-0.25, -0.2) is 0 Å². The fraction of sp³-hybridized carbons (Fsp3) is 0. The van der Waals surface area contributed by atoms with Gasteiger partial charge in [0.2, 0.25) is 0 Å². The highest BCUT2D eigenvalue weighted by Crippen LogP contribution is 2.41. The Kier molecular flexibility index (Phi) is 4.66. The largest absolute Gasteiger partial charge is 0.458 e. The zero-order valence-electron chi connectivity index (χ0n) is 24.8. The summed E-state index contributed by atoms with van der Waals surface area (Å²) < 4.78 is 11.5. The molecule has 11 rings (SSSR count). The molecule has 0 saturated heterocycles. The van der Waals surface area contributed by atoms with Crippen LogP contribution in [-0.4, -0.2) is 15.8 Å². The Morgan fingerprint density at radius 2 is 1.11 bits per heavy atom. The van der Waals surface area contributed by atoms with E-state index in [1.54, 1.807) is 0 Å². The minimum absolute atomic E-state index is 0.129. The number of para-hydroxylation sites is 3. The second-order valence-corrected chi connectivity index (χ2v) is 12.5. The zero-order chi connectivity index (χ0) is 29.9. The highest BCUT2D eigenvalue weighted by molar-refractivity contribution is 6.99. The standard InChI is InChI=1S/C42H25BN2O/c1-2-10-26(11-3-1)27-20-22-28(23-21-27)44-35-16-6-4-12-29(35)31-24-32-30-13-8-15-34-42(30)45(38(32)25-37(31)44)36-17-9-19-40-41(36)43(34)33-14-5-7-18-39(33)46-40/h1-25H. The van der Waals surface area contributed by atoms with Gasteiger partial charge in [-0.3, -0.25) is 0 Å². The molecule has 3 nitrogen and oxygen atoms in total. The molecule has 0 bridgehead atoms. The molecule has 0 saturated carbocycles. The van der Waals surface area contributed by atoms with Crippen molar-refractivity contribution < 1.29 is 4.74 Å². The van der Waals surface area contributed by atoms with E-state index in [0.29, 0.717) is 0 Å². The third-order valence-electron chi connectivity index (χ3n) is 10.2. The first kappa shape index (κ1) is 24.3. The summed E-state index contributed by atoms with van der Waals surface area (Å²) in [6, 6.07) is 55.1. The van der Waals surface area contributed by atoms with E-state index < -0.39 is 0 Å². The van der Waals surface area contributed by atoms with Crippen LogP contribution in [-0.2, 0) is 0 Å². The van der Waals surface area contributed by atoms with Gasteiger partial charge in [-0.05, 0) is 76.0 Å². The molecule has 0 atom stereocenters. The first-order chi connectivity index (χ1) is 22.8. The molecule has 4 heteroatoms. The molecule has 2 aromatic heterocycles. The third-order valence-corrected chi connectivity index (χ3v) is 10.2. The van der Waals surface area contributed by atoms with Crippen LogP contribution in [0.4, 0.5) is 0 Å². The molecular formula is C42H25BN2O. The molecule has 7 aromatic carbocycles. The van der Waals surface area contributed by atoms with Gasteiger partial charge < -0.3 is 13.9 Å². The molecule has 0 radical (unpaired) electrons. The van der Waals surface area contributed by atoms with Gasteiger partial charge in [0.1, 0.15) is 11.5 Å². The number of hydrogen-bond donors (Lipinski definition) is 0. The molecule has 0 spiro atoms. The molecular weight excluding hydrogens is 559 g/mol. The van der Waals surface area contributed by atoms with Crippen molar-refractivity contribution in [3.05, 3.63) is 152 Å². The summed E-state index contributed by atoms with van der Waals surface area (Å²) in [5.41, 5.74) is 13.5. The van der Waals surface area contributed by atoms with Crippen molar-refractivity contribution in [2.75, 3.05) is 0 Å². The second kappa shape index (κ2) is 8.80. The van der Waals surface area contributed by atoms with Gasteiger partial charge >= 0.3 is 0 Å². The third kappa shape index (κ3) is 3.08. The minimum Gasteiger partial charge on any atom is -0.458 e. The predicted octanol–water partition coefficient (Wildman–Crippen LogP) is 8.48. The normalized spacial score (nSPS) is 12.9. The maximum atomic E-state index is 6.53. The number of nitrogens with zero attached hydrogens (tertiary/aromatic N) is 2. The van der Waals surface area contributed by atoms with E-state index in [4.69, 9.17) is 4.74 Å². The van der Waals surface area contributed by atoms with Crippen molar-refractivity contribution in [1.29, 1.82) is 0 Å². The fourth-order valence-corrected chi connectivity index (χ4v) is 8.26. The SMILES string of the molecule is c1ccc(-c2ccc(-n3c4ccccc4c4cc5c6cccc7c6n(c5cc43)-c3cccc4c3B7c3ccccc3O4)cc2)cc1. The van der Waals surface area contributed by atoms with E-state index >= 15 is 0 Å². The van der Waals surface area contributed by atoms with E-state index in [9.17, 15) is 0 Å². The van der Waals surface area contributed by atoms with E-state index in [1.807, 2.05) is 0 Å². The molecule has 0 N–H and O–H groups in total. The molecule has 0 aliphatic carbocycles. The lowest BCUT2D eigenvalue weighted by molar-refractivity contribution is 0.487. The predicted molar refractivity (Wildman–Crippen MR) is 192 cm³/mol. The maximum absolute atomic E-state index is 6.53. The van der Waals surface area contributed by atoms with Crippen LogP contribution >= 0.6 is 0 Å². The van der Waals surface area contributed by atoms with Gasteiger partial charge in [0.05, 0.1) is 16.6 Å². The average Bonchev–Trinajstić information content (AvgIpc) is 3.62. The van der Waals surface area contributed by atoms with Gasteiger partial charge in [-0.2, -0.15) is 0 Å². The molecule has 9 aromatic rings. The molecule has 2 aliphatic heterocycles. The summed E-state index contributed by atoms with van der Waals surface area (Å²) in [6.45, 7) is 0.129. The Hall–Kier alpha value is -6.00. The molecule has 0 unspecified atom stereocenters. The first-order valence-corrected chi connectivity index (χ1v) is 15.9. The Bertz CT molecular complexity index is 2720. The van der Waals surface area contributed by atoms with E-state index in [0.717, 1.165) is 17.2 Å². The number of aromatic nitrogens is 2. The second-order valence-electron chi connectivity index (χ2n) is 12.5. The summed E-state index contributed by atoms with van der Waals surface area (Å²) in [4.78, 5) is 0. The first-order valence-electron chi connectivity index (χ1n) is 15.9. The molecule has 4 heterocycles. The summed E-state index contributed by atoms with van der Waals surface area (Å²) in [6.07, 6.45) is 0. The highest BCUT2D eigenvalue weighted by Gasteiger charge is 2.40. The Morgan fingerprint density at radius 3 is 2.02 bits per heavy atom. The monoisotopic (exact) mass is 584 g/mol. The summed E-state index contributed by atoms with van der Waals surface area (Å²) in [7, 11) is 0. The Labute approximate surface area is 265 Å². The Balaban J connectivity index is 1.23. The molecule has 2 aliphatic rings. The minimum atomic E-state index is 0.129. The lowest BCUT2D eigenvalue weighted by Crippen LogP contribution is -2.58. The highest BCUT2D eigenvalue weighted by atomic mass is 16.5. The van der Waals surface area contributed by atoms with Gasteiger partial charge in [0.25, 0.3) is 6.71 Å². The number of benzene rings is 7. The quantitative estimate of drug-likeness (QED) is 0.187. The van der Waals surface area contributed by atoms with Crippen LogP contribution in [0, 0.1) is 0 Å². The van der Waals surface area contributed by atoms with Crippen molar-refractivity contribution in [2.24, 2.45) is 0 Å². The lowest BCUT2D eigenvalue weighted by atomic mass is 9.34. The number of ether oxygens (including phenoxy) is 1. The molecule has 0 amide bonds.